The van der Waals surface area contributed by atoms with Crippen molar-refractivity contribution in [3.63, 3.8) is 0 Å². The van der Waals surface area contributed by atoms with Crippen molar-refractivity contribution >= 4 is 22.9 Å². The van der Waals surface area contributed by atoms with Crippen LogP contribution in [0.5, 0.6) is 0 Å². The van der Waals surface area contributed by atoms with Gasteiger partial charge in [-0.3, -0.25) is 0 Å². The molecular formula is C20H16. The van der Waals surface area contributed by atoms with Gasteiger partial charge in [-0.05, 0) is 45.2 Å². The van der Waals surface area contributed by atoms with Gasteiger partial charge in [-0.15, -0.1) is 0 Å². The van der Waals surface area contributed by atoms with Crippen LogP contribution in [0.2, 0.25) is 0 Å². The molecule has 0 bridgehead atoms. The van der Waals surface area contributed by atoms with Crippen LogP contribution < -0.4 is 0 Å². The quantitative estimate of drug-likeness (QED) is 0.556. The molecule has 0 heteroatoms. The zero-order valence-corrected chi connectivity index (χ0v) is 11.3. The maximum absolute atomic E-state index is 3.88. The Morgan fingerprint density at radius 1 is 0.600 bits per heavy atom. The van der Waals surface area contributed by atoms with E-state index in [9.17, 15) is 0 Å². The van der Waals surface area contributed by atoms with E-state index >= 15 is 0 Å². The monoisotopic (exact) mass is 256 g/mol. The Bertz CT molecular complexity index is 794. The average molecular weight is 256 g/mol. The van der Waals surface area contributed by atoms with E-state index in [0.29, 0.717) is 0 Å². The van der Waals surface area contributed by atoms with Crippen molar-refractivity contribution in [3.05, 3.63) is 84.9 Å². The number of benzene rings is 3. The normalized spacial score (nSPS) is 10.4. The molecule has 0 radical (unpaired) electrons. The number of hydrogen-bond donors (Lipinski definition) is 0. The Morgan fingerprint density at radius 3 is 2.00 bits per heavy atom. The predicted octanol–water partition coefficient (Wildman–Crippen LogP) is 5.79. The summed E-state index contributed by atoms with van der Waals surface area (Å²) in [4.78, 5) is 0. The highest BCUT2D eigenvalue weighted by Crippen LogP contribution is 2.27. The second-order valence-electron chi connectivity index (χ2n) is 4.81. The Balaban J connectivity index is 2.15. The molecule has 20 heavy (non-hydrogen) atoms. The summed E-state index contributed by atoms with van der Waals surface area (Å²) in [5.74, 6) is 0. The molecule has 3 aromatic rings. The van der Waals surface area contributed by atoms with Gasteiger partial charge in [0, 0.05) is 0 Å². The topological polar surface area (TPSA) is 0 Å². The summed E-state index contributed by atoms with van der Waals surface area (Å²) < 4.78 is 0. The summed E-state index contributed by atoms with van der Waals surface area (Å²) in [7, 11) is 0. The Morgan fingerprint density at radius 2 is 1.25 bits per heavy atom. The van der Waals surface area contributed by atoms with Gasteiger partial charge >= 0.3 is 0 Å². The van der Waals surface area contributed by atoms with Crippen molar-refractivity contribution in [1.29, 1.82) is 0 Å². The number of rotatable bonds is 3. The summed E-state index contributed by atoms with van der Waals surface area (Å²) >= 11 is 0. The van der Waals surface area contributed by atoms with Crippen molar-refractivity contribution in [2.24, 2.45) is 0 Å². The van der Waals surface area contributed by atoms with Crippen molar-refractivity contribution in [2.45, 2.75) is 0 Å². The largest absolute Gasteiger partial charge is 0.0984 e. The first-order valence-electron chi connectivity index (χ1n) is 6.70. The second kappa shape index (κ2) is 5.18. The van der Waals surface area contributed by atoms with E-state index in [2.05, 4.69) is 73.8 Å². The van der Waals surface area contributed by atoms with E-state index in [4.69, 9.17) is 0 Å². The summed E-state index contributed by atoms with van der Waals surface area (Å²) in [6, 6.07) is 21.4. The summed E-state index contributed by atoms with van der Waals surface area (Å²) in [6.45, 7) is 7.71. The summed E-state index contributed by atoms with van der Waals surface area (Å²) in [5.41, 5.74) is 4.66. The van der Waals surface area contributed by atoms with Gasteiger partial charge in [-0.2, -0.15) is 0 Å². The maximum atomic E-state index is 3.88. The average Bonchev–Trinajstić information content (AvgIpc) is 2.53. The van der Waals surface area contributed by atoms with Crippen LogP contribution in [0.1, 0.15) is 11.1 Å². The van der Waals surface area contributed by atoms with Gasteiger partial charge in [0.15, 0.2) is 0 Å². The third-order valence-corrected chi connectivity index (χ3v) is 3.61. The van der Waals surface area contributed by atoms with Crippen molar-refractivity contribution < 1.29 is 0 Å². The molecule has 0 N–H and O–H groups in total. The highest BCUT2D eigenvalue weighted by Gasteiger charge is 2.02. The zero-order valence-electron chi connectivity index (χ0n) is 11.3. The van der Waals surface area contributed by atoms with Gasteiger partial charge in [0.05, 0.1) is 0 Å². The number of hydrogen-bond acceptors (Lipinski definition) is 0. The van der Waals surface area contributed by atoms with Gasteiger partial charge in [-0.1, -0.05) is 73.8 Å². The van der Waals surface area contributed by atoms with E-state index < -0.39 is 0 Å². The molecule has 0 heterocycles. The first kappa shape index (κ1) is 12.4. The molecule has 0 fully saturated rings. The van der Waals surface area contributed by atoms with E-state index in [1.165, 1.54) is 21.9 Å². The van der Waals surface area contributed by atoms with Gasteiger partial charge in [0.25, 0.3) is 0 Å². The third-order valence-electron chi connectivity index (χ3n) is 3.61. The van der Waals surface area contributed by atoms with Crippen LogP contribution in [0.3, 0.4) is 0 Å². The highest BCUT2D eigenvalue weighted by atomic mass is 14.1. The molecule has 0 aliphatic rings. The highest BCUT2D eigenvalue weighted by molar-refractivity contribution is 5.87. The Labute approximate surface area is 119 Å². The lowest BCUT2D eigenvalue weighted by Gasteiger charge is -2.07. The molecule has 96 valence electrons. The fourth-order valence-corrected chi connectivity index (χ4v) is 2.49. The van der Waals surface area contributed by atoms with E-state index in [-0.39, 0.29) is 0 Å². The van der Waals surface area contributed by atoms with E-state index in [1.807, 2.05) is 12.2 Å². The molecule has 0 saturated carbocycles. The minimum absolute atomic E-state index is 1.12. The van der Waals surface area contributed by atoms with Crippen LogP contribution >= 0.6 is 0 Å². The first-order valence-corrected chi connectivity index (χ1v) is 6.70. The van der Waals surface area contributed by atoms with Crippen LogP contribution in [0.4, 0.5) is 0 Å². The second-order valence-corrected chi connectivity index (χ2v) is 4.81. The minimum atomic E-state index is 1.12. The molecule has 0 spiro atoms. The summed E-state index contributed by atoms with van der Waals surface area (Å²) in [6.07, 6.45) is 3.74. The minimum Gasteiger partial charge on any atom is -0.0984 e. The molecule has 0 amide bonds. The fraction of sp³-hybridized carbons (Fsp3) is 0. The fourth-order valence-electron chi connectivity index (χ4n) is 2.49. The molecule has 0 aromatic heterocycles. The molecule has 3 aromatic carbocycles. The van der Waals surface area contributed by atoms with Gasteiger partial charge < -0.3 is 0 Å². The van der Waals surface area contributed by atoms with Gasteiger partial charge in [-0.25, -0.2) is 0 Å². The lowest BCUT2D eigenvalue weighted by Crippen LogP contribution is -1.84. The molecule has 0 atom stereocenters. The third kappa shape index (κ3) is 2.17. The standard InChI is InChI=1S/C20H16/c1-3-15-9-11-19(13-16(15)4-2)20-12-10-17-7-5-6-8-18(17)14-20/h3-14H,1-2H2. The molecule has 0 aliphatic carbocycles. The van der Waals surface area contributed by atoms with E-state index in [1.54, 1.807) is 0 Å². The molecule has 0 nitrogen and oxygen atoms in total. The van der Waals surface area contributed by atoms with Gasteiger partial charge in [0.1, 0.15) is 0 Å². The Hall–Kier alpha value is -2.60. The van der Waals surface area contributed by atoms with Crippen LogP contribution in [-0.2, 0) is 0 Å². The first-order chi connectivity index (χ1) is 9.81. The summed E-state index contributed by atoms with van der Waals surface area (Å²) in [5, 5.41) is 2.53. The molecule has 0 unspecified atom stereocenters. The lowest BCUT2D eigenvalue weighted by molar-refractivity contribution is 1.59. The van der Waals surface area contributed by atoms with Gasteiger partial charge in [0.2, 0.25) is 0 Å². The molecular weight excluding hydrogens is 240 g/mol. The zero-order chi connectivity index (χ0) is 13.9. The van der Waals surface area contributed by atoms with Crippen LogP contribution in [0.15, 0.2) is 73.8 Å². The van der Waals surface area contributed by atoms with Crippen LogP contribution in [-0.4, -0.2) is 0 Å². The maximum Gasteiger partial charge on any atom is -0.0177 e. The lowest BCUT2D eigenvalue weighted by atomic mass is 9.97. The van der Waals surface area contributed by atoms with Crippen molar-refractivity contribution in [2.75, 3.05) is 0 Å². The van der Waals surface area contributed by atoms with Crippen molar-refractivity contribution in [1.82, 2.24) is 0 Å². The van der Waals surface area contributed by atoms with Crippen LogP contribution in [0, 0.1) is 0 Å². The number of fused-ring (bicyclic) bond motifs is 1. The molecule has 3 rings (SSSR count). The van der Waals surface area contributed by atoms with E-state index in [0.717, 1.165) is 11.1 Å². The molecule has 0 aliphatic heterocycles. The van der Waals surface area contributed by atoms with Crippen molar-refractivity contribution in [3.8, 4) is 11.1 Å². The van der Waals surface area contributed by atoms with Crippen LogP contribution in [0.25, 0.3) is 34.1 Å². The smallest absolute Gasteiger partial charge is 0.0177 e. The molecule has 0 saturated heterocycles. The SMILES string of the molecule is C=Cc1ccc(-c2ccc3ccccc3c2)cc1C=C. The Kier molecular flexibility index (Phi) is 3.22. The predicted molar refractivity (Wildman–Crippen MR) is 89.6 cm³/mol.